The predicted octanol–water partition coefficient (Wildman–Crippen LogP) is 6.46. The van der Waals surface area contributed by atoms with E-state index < -0.39 is 0 Å². The average Bonchev–Trinajstić information content (AvgIpc) is 2.43. The van der Waals surface area contributed by atoms with E-state index in [1.165, 1.54) is 0 Å². The third-order valence-corrected chi connectivity index (χ3v) is 3.92. The highest BCUT2D eigenvalue weighted by Gasteiger charge is 2.27. The second-order valence-corrected chi connectivity index (χ2v) is 7.25. The minimum atomic E-state index is -0.220. The Kier molecular flexibility index (Phi) is 5.23. The van der Waals surface area contributed by atoms with Crippen LogP contribution < -0.4 is 0 Å². The Bertz CT molecular complexity index is 766. The predicted molar refractivity (Wildman–Crippen MR) is 95.4 cm³/mol. The van der Waals surface area contributed by atoms with E-state index in [-0.39, 0.29) is 11.2 Å². The first-order valence-electron chi connectivity index (χ1n) is 7.20. The van der Waals surface area contributed by atoms with Crippen molar-refractivity contribution in [1.82, 2.24) is 0 Å². The second-order valence-electron chi connectivity index (χ2n) is 6.40. The number of allylic oxidation sites excluding steroid dienone is 5. The summed E-state index contributed by atoms with van der Waals surface area (Å²) in [4.78, 5) is 12.2. The molecule has 0 spiro atoms. The van der Waals surface area contributed by atoms with Crippen LogP contribution in [0.4, 0.5) is 5.69 Å². The molecule has 0 saturated heterocycles. The highest BCUT2D eigenvalue weighted by molar-refractivity contribution is 6.36. The molecule has 0 saturated carbocycles. The van der Waals surface area contributed by atoms with Gasteiger partial charge in [-0.15, -0.1) is 5.11 Å². The molecule has 0 atom stereocenters. The van der Waals surface area contributed by atoms with Crippen LogP contribution in [-0.4, -0.2) is 5.78 Å². The largest absolute Gasteiger partial charge is 0.289 e. The Labute approximate surface area is 146 Å². The van der Waals surface area contributed by atoms with Gasteiger partial charge in [0.25, 0.3) is 0 Å². The number of carbonyl (C=O) groups is 1. The zero-order valence-corrected chi connectivity index (χ0v) is 15.0. The summed E-state index contributed by atoms with van der Waals surface area (Å²) >= 11 is 11.9. The third-order valence-electron chi connectivity index (χ3n) is 3.39. The molecule has 0 unspecified atom stereocenters. The number of nitrogens with zero attached hydrogens (tertiary/aromatic N) is 2. The van der Waals surface area contributed by atoms with E-state index in [2.05, 4.69) is 10.2 Å². The van der Waals surface area contributed by atoms with E-state index in [0.29, 0.717) is 21.3 Å². The maximum Gasteiger partial charge on any atom is 0.185 e. The quantitative estimate of drug-likeness (QED) is 0.565. The van der Waals surface area contributed by atoms with Gasteiger partial charge in [0, 0.05) is 10.6 Å². The van der Waals surface area contributed by atoms with Crippen molar-refractivity contribution in [3.8, 4) is 0 Å². The van der Waals surface area contributed by atoms with Gasteiger partial charge < -0.3 is 0 Å². The van der Waals surface area contributed by atoms with Gasteiger partial charge in [0.2, 0.25) is 0 Å². The molecule has 0 aromatic heterocycles. The van der Waals surface area contributed by atoms with Crippen molar-refractivity contribution in [3.63, 3.8) is 0 Å². The average molecular weight is 349 g/mol. The minimum Gasteiger partial charge on any atom is -0.289 e. The smallest absolute Gasteiger partial charge is 0.185 e. The lowest BCUT2D eigenvalue weighted by Gasteiger charge is -2.24. The molecule has 23 heavy (non-hydrogen) atoms. The summed E-state index contributed by atoms with van der Waals surface area (Å²) in [5.74, 6) is 0.0762. The van der Waals surface area contributed by atoms with Gasteiger partial charge in [0.15, 0.2) is 5.78 Å². The molecule has 0 bridgehead atoms. The normalized spacial score (nSPS) is 17.7. The lowest BCUT2D eigenvalue weighted by molar-refractivity contribution is -0.113. The Morgan fingerprint density at radius 3 is 2.43 bits per heavy atom. The second kappa shape index (κ2) is 6.81. The molecular weight excluding hydrogens is 331 g/mol. The highest BCUT2D eigenvalue weighted by Crippen LogP contribution is 2.33. The van der Waals surface area contributed by atoms with Gasteiger partial charge in [-0.3, -0.25) is 4.79 Å². The summed E-state index contributed by atoms with van der Waals surface area (Å²) in [5, 5.41) is 9.14. The number of rotatable bonds is 2. The van der Waals surface area contributed by atoms with Crippen molar-refractivity contribution < 1.29 is 4.79 Å². The van der Waals surface area contributed by atoms with Gasteiger partial charge in [-0.1, -0.05) is 44.0 Å². The number of halogens is 2. The fraction of sp³-hybridized carbons (Fsp3) is 0.278. The highest BCUT2D eigenvalue weighted by atomic mass is 35.5. The van der Waals surface area contributed by atoms with Crippen LogP contribution in [0.15, 0.2) is 63.5 Å². The van der Waals surface area contributed by atoms with Crippen molar-refractivity contribution in [2.45, 2.75) is 27.7 Å². The summed E-state index contributed by atoms with van der Waals surface area (Å²) in [5.41, 5.74) is 2.62. The van der Waals surface area contributed by atoms with Gasteiger partial charge >= 0.3 is 0 Å². The fourth-order valence-electron chi connectivity index (χ4n) is 2.15. The number of Topliss-reactive ketones (excluding diaryl/α,β-unsaturated/α-hetero) is 1. The van der Waals surface area contributed by atoms with Crippen molar-refractivity contribution in [2.24, 2.45) is 15.6 Å². The summed E-state index contributed by atoms with van der Waals surface area (Å²) in [7, 11) is 0. The molecule has 0 N–H and O–H groups in total. The van der Waals surface area contributed by atoms with E-state index in [1.54, 1.807) is 30.5 Å². The topological polar surface area (TPSA) is 41.8 Å². The van der Waals surface area contributed by atoms with E-state index in [0.717, 1.165) is 11.1 Å². The maximum absolute atomic E-state index is 12.2. The zero-order chi connectivity index (χ0) is 17.2. The van der Waals surface area contributed by atoms with Crippen molar-refractivity contribution in [3.05, 3.63) is 63.3 Å². The Balaban J connectivity index is 2.30. The van der Waals surface area contributed by atoms with Crippen LogP contribution in [0.25, 0.3) is 0 Å². The molecular formula is C18H18Cl2N2O. The molecule has 1 aliphatic carbocycles. The van der Waals surface area contributed by atoms with Gasteiger partial charge in [-0.25, -0.2) is 0 Å². The first-order valence-corrected chi connectivity index (χ1v) is 7.95. The van der Waals surface area contributed by atoms with Gasteiger partial charge in [0.05, 0.1) is 11.2 Å². The molecule has 3 nitrogen and oxygen atoms in total. The maximum atomic E-state index is 12.2. The van der Waals surface area contributed by atoms with E-state index >= 15 is 0 Å². The monoisotopic (exact) mass is 348 g/mol. The molecule has 0 fully saturated rings. The lowest BCUT2D eigenvalue weighted by atomic mass is 9.78. The molecule has 0 amide bonds. The molecule has 0 aliphatic heterocycles. The van der Waals surface area contributed by atoms with Crippen LogP contribution in [0.2, 0.25) is 10.0 Å². The number of hydrogen-bond acceptors (Lipinski definition) is 3. The van der Waals surface area contributed by atoms with Crippen LogP contribution in [0.1, 0.15) is 27.7 Å². The third kappa shape index (κ3) is 4.40. The molecule has 2 rings (SSSR count). The summed E-state index contributed by atoms with van der Waals surface area (Å²) in [6.45, 7) is 7.86. The van der Waals surface area contributed by atoms with Crippen LogP contribution >= 0.6 is 23.2 Å². The summed E-state index contributed by atoms with van der Waals surface area (Å²) in [6, 6.07) is 5.02. The van der Waals surface area contributed by atoms with E-state index in [4.69, 9.17) is 23.2 Å². The van der Waals surface area contributed by atoms with Crippen molar-refractivity contribution in [1.29, 1.82) is 0 Å². The molecule has 5 heteroatoms. The first-order chi connectivity index (χ1) is 10.7. The zero-order valence-electron chi connectivity index (χ0n) is 13.5. The Morgan fingerprint density at radius 2 is 1.83 bits per heavy atom. The van der Waals surface area contributed by atoms with Gasteiger partial charge in [-0.2, -0.15) is 5.11 Å². The van der Waals surface area contributed by atoms with Crippen molar-refractivity contribution >= 4 is 34.7 Å². The molecule has 120 valence electrons. The van der Waals surface area contributed by atoms with E-state index in [9.17, 15) is 4.79 Å². The number of azo groups is 1. The molecule has 1 aromatic rings. The number of benzene rings is 1. The number of carbonyl (C=O) groups excluding carboxylic acids is 1. The minimum absolute atomic E-state index is 0.0762. The lowest BCUT2D eigenvalue weighted by Crippen LogP contribution is -2.21. The SMILES string of the molecule is CC1=C/C(=C/N=Nc2ccc(Cl)cc2Cl)C=C(C(C)(C)C)C1=O. The summed E-state index contributed by atoms with van der Waals surface area (Å²) < 4.78 is 0. The molecule has 1 aromatic carbocycles. The molecule has 1 aliphatic rings. The first kappa shape index (κ1) is 17.6. The Morgan fingerprint density at radius 1 is 1.13 bits per heavy atom. The van der Waals surface area contributed by atoms with Crippen LogP contribution in [0.3, 0.4) is 0 Å². The molecule has 0 heterocycles. The number of hydrogen-bond donors (Lipinski definition) is 0. The van der Waals surface area contributed by atoms with Gasteiger partial charge in [-0.05, 0) is 53.8 Å². The van der Waals surface area contributed by atoms with Crippen LogP contribution in [-0.2, 0) is 4.79 Å². The van der Waals surface area contributed by atoms with Crippen molar-refractivity contribution in [2.75, 3.05) is 0 Å². The number of ketones is 1. The van der Waals surface area contributed by atoms with Crippen LogP contribution in [0.5, 0.6) is 0 Å². The van der Waals surface area contributed by atoms with Crippen LogP contribution in [0, 0.1) is 5.41 Å². The Hall–Kier alpha value is -1.71. The standard InChI is InChI=1S/C18H18Cl2N2O/c1-11-7-12(8-14(17(11)23)18(2,3)4)10-21-22-16-6-5-13(19)9-15(16)20/h5-10H,1-4H3/b12-10-,22-21?. The summed E-state index contributed by atoms with van der Waals surface area (Å²) in [6.07, 6.45) is 5.28. The van der Waals surface area contributed by atoms with Gasteiger partial charge in [0.1, 0.15) is 5.69 Å². The van der Waals surface area contributed by atoms with E-state index in [1.807, 2.05) is 33.8 Å². The molecule has 0 radical (unpaired) electrons. The fourth-order valence-corrected chi connectivity index (χ4v) is 2.60.